The first-order valence-electron chi connectivity index (χ1n) is 6.11. The third-order valence-electron chi connectivity index (χ3n) is 3.43. The van der Waals surface area contributed by atoms with E-state index in [2.05, 4.69) is 10.4 Å². The van der Waals surface area contributed by atoms with Crippen LogP contribution in [0, 0.1) is 5.92 Å². The number of hydrogen-bond donors (Lipinski definition) is 2. The van der Waals surface area contributed by atoms with Crippen molar-refractivity contribution in [2.45, 2.75) is 31.7 Å². The molecule has 94 valence electrons. The number of hydrogen-bond acceptors (Lipinski definition) is 3. The summed E-state index contributed by atoms with van der Waals surface area (Å²) >= 11 is 0. The molecule has 1 aromatic heterocycles. The minimum Gasteiger partial charge on any atom is -0.396 e. The van der Waals surface area contributed by atoms with Gasteiger partial charge in [-0.15, -0.1) is 0 Å². The van der Waals surface area contributed by atoms with Gasteiger partial charge in [-0.3, -0.25) is 9.48 Å². The van der Waals surface area contributed by atoms with Gasteiger partial charge in [0.15, 0.2) is 0 Å². The molecule has 1 saturated carbocycles. The van der Waals surface area contributed by atoms with E-state index in [1.54, 1.807) is 24.1 Å². The summed E-state index contributed by atoms with van der Waals surface area (Å²) in [5.41, 5.74) is 0.578. The van der Waals surface area contributed by atoms with Gasteiger partial charge in [0.05, 0.1) is 11.8 Å². The fourth-order valence-electron chi connectivity index (χ4n) is 2.41. The fraction of sp³-hybridized carbons (Fsp3) is 0.667. The van der Waals surface area contributed by atoms with E-state index in [9.17, 15) is 9.90 Å². The SMILES string of the molecule is Cn1cc(C(=O)NC2CCCCC2CO)cn1. The Labute approximate surface area is 101 Å². The first-order valence-corrected chi connectivity index (χ1v) is 6.11. The molecule has 1 fully saturated rings. The Morgan fingerprint density at radius 1 is 1.59 bits per heavy atom. The average molecular weight is 237 g/mol. The molecule has 0 saturated heterocycles. The van der Waals surface area contributed by atoms with Gasteiger partial charge in [-0.2, -0.15) is 5.10 Å². The highest BCUT2D eigenvalue weighted by molar-refractivity contribution is 5.93. The van der Waals surface area contributed by atoms with E-state index < -0.39 is 0 Å². The Bertz CT molecular complexity index is 389. The lowest BCUT2D eigenvalue weighted by Gasteiger charge is -2.30. The fourth-order valence-corrected chi connectivity index (χ4v) is 2.41. The predicted octanol–water partition coefficient (Wildman–Crippen LogP) is 0.701. The number of nitrogens with zero attached hydrogens (tertiary/aromatic N) is 2. The number of carbonyl (C=O) groups is 1. The first kappa shape index (κ1) is 12.1. The Hall–Kier alpha value is -1.36. The summed E-state index contributed by atoms with van der Waals surface area (Å²) in [7, 11) is 1.79. The molecule has 1 aliphatic rings. The first-order chi connectivity index (χ1) is 8.20. The van der Waals surface area contributed by atoms with E-state index >= 15 is 0 Å². The molecule has 5 heteroatoms. The Morgan fingerprint density at radius 3 is 3.00 bits per heavy atom. The van der Waals surface area contributed by atoms with Gasteiger partial charge >= 0.3 is 0 Å². The minimum absolute atomic E-state index is 0.0940. The van der Waals surface area contributed by atoms with Crippen molar-refractivity contribution in [1.82, 2.24) is 15.1 Å². The van der Waals surface area contributed by atoms with E-state index in [1.807, 2.05) is 0 Å². The van der Waals surface area contributed by atoms with Crippen LogP contribution in [0.25, 0.3) is 0 Å². The van der Waals surface area contributed by atoms with Crippen LogP contribution in [0.3, 0.4) is 0 Å². The van der Waals surface area contributed by atoms with E-state index in [-0.39, 0.29) is 24.5 Å². The second-order valence-electron chi connectivity index (χ2n) is 4.71. The maximum absolute atomic E-state index is 11.9. The van der Waals surface area contributed by atoms with Gasteiger partial charge in [0, 0.05) is 31.8 Å². The van der Waals surface area contributed by atoms with E-state index in [1.165, 1.54) is 0 Å². The zero-order chi connectivity index (χ0) is 12.3. The molecule has 1 aliphatic carbocycles. The standard InChI is InChI=1S/C12H19N3O2/c1-15-7-10(6-13-15)12(17)14-11-5-3-2-4-9(11)8-16/h6-7,9,11,16H,2-5,8H2,1H3,(H,14,17). The number of aryl methyl sites for hydroxylation is 1. The van der Waals surface area contributed by atoms with Crippen LogP contribution in [0.5, 0.6) is 0 Å². The Balaban J connectivity index is 1.97. The summed E-state index contributed by atoms with van der Waals surface area (Å²) in [6.45, 7) is 0.151. The summed E-state index contributed by atoms with van der Waals surface area (Å²) in [4.78, 5) is 11.9. The van der Waals surface area contributed by atoms with E-state index in [0.717, 1.165) is 25.7 Å². The second-order valence-corrected chi connectivity index (χ2v) is 4.71. The Kier molecular flexibility index (Phi) is 3.78. The molecular weight excluding hydrogens is 218 g/mol. The summed E-state index contributed by atoms with van der Waals surface area (Å²) in [6.07, 6.45) is 7.48. The molecule has 1 aromatic rings. The van der Waals surface area contributed by atoms with Crippen molar-refractivity contribution in [1.29, 1.82) is 0 Å². The summed E-state index contributed by atoms with van der Waals surface area (Å²) < 4.78 is 1.61. The maximum Gasteiger partial charge on any atom is 0.254 e. The van der Waals surface area contributed by atoms with Crippen molar-refractivity contribution in [3.8, 4) is 0 Å². The van der Waals surface area contributed by atoms with E-state index in [0.29, 0.717) is 5.56 Å². The van der Waals surface area contributed by atoms with Crippen molar-refractivity contribution in [2.75, 3.05) is 6.61 Å². The van der Waals surface area contributed by atoms with Gasteiger partial charge in [-0.05, 0) is 12.8 Å². The molecule has 2 unspecified atom stereocenters. The number of amides is 1. The molecule has 0 bridgehead atoms. The van der Waals surface area contributed by atoms with Gasteiger partial charge in [-0.1, -0.05) is 12.8 Å². The number of aliphatic hydroxyl groups excluding tert-OH is 1. The van der Waals surface area contributed by atoms with Crippen LogP contribution in [-0.4, -0.2) is 33.4 Å². The molecule has 1 amide bonds. The summed E-state index contributed by atoms with van der Waals surface area (Å²) in [6, 6.07) is 0.0986. The van der Waals surface area contributed by atoms with Crippen molar-refractivity contribution in [2.24, 2.45) is 13.0 Å². The van der Waals surface area contributed by atoms with Crippen molar-refractivity contribution in [3.63, 3.8) is 0 Å². The van der Waals surface area contributed by atoms with Crippen LogP contribution in [0.4, 0.5) is 0 Å². The largest absolute Gasteiger partial charge is 0.396 e. The molecule has 17 heavy (non-hydrogen) atoms. The maximum atomic E-state index is 11.9. The molecule has 2 rings (SSSR count). The predicted molar refractivity (Wildman–Crippen MR) is 63.5 cm³/mol. The molecule has 2 N–H and O–H groups in total. The van der Waals surface area contributed by atoms with Crippen LogP contribution in [0.15, 0.2) is 12.4 Å². The lowest BCUT2D eigenvalue weighted by atomic mass is 9.85. The summed E-state index contributed by atoms with van der Waals surface area (Å²) in [5.74, 6) is 0.104. The molecule has 0 aromatic carbocycles. The molecule has 1 heterocycles. The normalized spacial score (nSPS) is 24.6. The highest BCUT2D eigenvalue weighted by Gasteiger charge is 2.26. The molecule has 0 spiro atoms. The molecule has 2 atom stereocenters. The van der Waals surface area contributed by atoms with Crippen LogP contribution >= 0.6 is 0 Å². The quantitative estimate of drug-likeness (QED) is 0.813. The molecule has 0 radical (unpaired) electrons. The lowest BCUT2D eigenvalue weighted by molar-refractivity contribution is 0.0872. The minimum atomic E-state index is -0.0940. The number of nitrogens with one attached hydrogen (secondary N) is 1. The molecule has 0 aliphatic heterocycles. The highest BCUT2D eigenvalue weighted by Crippen LogP contribution is 2.24. The van der Waals surface area contributed by atoms with E-state index in [4.69, 9.17) is 0 Å². The second kappa shape index (κ2) is 5.31. The van der Waals surface area contributed by atoms with Crippen molar-refractivity contribution in [3.05, 3.63) is 18.0 Å². The van der Waals surface area contributed by atoms with Crippen LogP contribution < -0.4 is 5.32 Å². The molecular formula is C12H19N3O2. The van der Waals surface area contributed by atoms with Gasteiger partial charge in [0.25, 0.3) is 5.91 Å². The highest BCUT2D eigenvalue weighted by atomic mass is 16.3. The van der Waals surface area contributed by atoms with Gasteiger partial charge in [0.1, 0.15) is 0 Å². The number of rotatable bonds is 3. The number of aliphatic hydroxyl groups is 1. The average Bonchev–Trinajstić information content (AvgIpc) is 2.77. The van der Waals surface area contributed by atoms with Crippen molar-refractivity contribution >= 4 is 5.91 Å². The van der Waals surface area contributed by atoms with Gasteiger partial charge in [-0.25, -0.2) is 0 Å². The third-order valence-corrected chi connectivity index (χ3v) is 3.43. The van der Waals surface area contributed by atoms with Gasteiger partial charge < -0.3 is 10.4 Å². The van der Waals surface area contributed by atoms with Crippen molar-refractivity contribution < 1.29 is 9.90 Å². The lowest BCUT2D eigenvalue weighted by Crippen LogP contribution is -2.43. The number of aromatic nitrogens is 2. The molecule has 5 nitrogen and oxygen atoms in total. The van der Waals surface area contributed by atoms with Crippen LogP contribution in [0.1, 0.15) is 36.0 Å². The van der Waals surface area contributed by atoms with Gasteiger partial charge in [0.2, 0.25) is 0 Å². The van der Waals surface area contributed by atoms with Crippen LogP contribution in [-0.2, 0) is 7.05 Å². The topological polar surface area (TPSA) is 67.2 Å². The zero-order valence-corrected chi connectivity index (χ0v) is 10.1. The zero-order valence-electron chi connectivity index (χ0n) is 10.1. The monoisotopic (exact) mass is 237 g/mol. The Morgan fingerprint density at radius 2 is 2.35 bits per heavy atom. The smallest absolute Gasteiger partial charge is 0.254 e. The summed E-state index contributed by atoms with van der Waals surface area (Å²) in [5, 5.41) is 16.3. The number of carbonyl (C=O) groups excluding carboxylic acids is 1. The van der Waals surface area contributed by atoms with Crippen LogP contribution in [0.2, 0.25) is 0 Å². The third kappa shape index (κ3) is 2.85.